The van der Waals surface area contributed by atoms with Crippen molar-refractivity contribution in [1.82, 2.24) is 5.43 Å². The van der Waals surface area contributed by atoms with Gasteiger partial charge in [0.25, 0.3) is 5.91 Å². The van der Waals surface area contributed by atoms with Gasteiger partial charge in [-0.2, -0.15) is 10.4 Å². The number of nitrogens with one attached hydrogen (secondary N) is 1. The molecule has 25 heavy (non-hydrogen) atoms. The lowest BCUT2D eigenvalue weighted by molar-refractivity contribution is -0.123. The van der Waals surface area contributed by atoms with Crippen molar-refractivity contribution in [2.45, 2.75) is 0 Å². The van der Waals surface area contributed by atoms with E-state index >= 15 is 0 Å². The van der Waals surface area contributed by atoms with Crippen LogP contribution in [0.2, 0.25) is 0 Å². The third-order valence-electron chi connectivity index (χ3n) is 3.10. The highest BCUT2D eigenvalue weighted by atomic mass is 16.5. The largest absolute Gasteiger partial charge is 0.482 e. The number of carbonyl (C=O) groups excluding carboxylic acids is 2. The van der Waals surface area contributed by atoms with Crippen LogP contribution in [0.4, 0.5) is 0 Å². The van der Waals surface area contributed by atoms with Crippen molar-refractivity contribution in [3.8, 4) is 11.8 Å². The summed E-state index contributed by atoms with van der Waals surface area (Å²) in [6.45, 7) is -0.267. The Kier molecular flexibility index (Phi) is 6.25. The first-order chi connectivity index (χ1) is 12.1. The molecule has 0 saturated carbocycles. The predicted molar refractivity (Wildman–Crippen MR) is 90.2 cm³/mol. The number of esters is 1. The summed E-state index contributed by atoms with van der Waals surface area (Å²) in [4.78, 5) is 23.0. The number of ether oxygens (including phenoxy) is 2. The predicted octanol–water partition coefficient (Wildman–Crippen LogP) is 1.87. The van der Waals surface area contributed by atoms with E-state index in [2.05, 4.69) is 15.3 Å². The van der Waals surface area contributed by atoms with E-state index in [1.807, 2.05) is 6.07 Å². The number of nitriles is 1. The summed E-state index contributed by atoms with van der Waals surface area (Å²) in [7, 11) is 1.31. The highest BCUT2D eigenvalue weighted by molar-refractivity contribution is 5.90. The van der Waals surface area contributed by atoms with Crippen molar-refractivity contribution in [1.29, 1.82) is 5.26 Å². The number of amides is 1. The molecule has 0 fully saturated rings. The van der Waals surface area contributed by atoms with Gasteiger partial charge in [0, 0.05) is 0 Å². The molecule has 0 saturated heterocycles. The van der Waals surface area contributed by atoms with E-state index in [4.69, 9.17) is 10.00 Å². The molecule has 0 aliphatic rings. The maximum Gasteiger partial charge on any atom is 0.337 e. The van der Waals surface area contributed by atoms with Crippen LogP contribution in [-0.4, -0.2) is 31.8 Å². The fraction of sp³-hybridized carbons (Fsp3) is 0.111. The molecule has 2 aromatic rings. The molecule has 1 amide bonds. The van der Waals surface area contributed by atoms with E-state index in [0.717, 1.165) is 0 Å². The van der Waals surface area contributed by atoms with E-state index in [-0.39, 0.29) is 6.61 Å². The number of carbonyl (C=O) groups is 2. The topological polar surface area (TPSA) is 101 Å². The Hall–Kier alpha value is -3.66. The van der Waals surface area contributed by atoms with Crippen LogP contribution >= 0.6 is 0 Å². The van der Waals surface area contributed by atoms with Crippen molar-refractivity contribution in [3.63, 3.8) is 0 Å². The third-order valence-corrected chi connectivity index (χ3v) is 3.10. The van der Waals surface area contributed by atoms with Crippen LogP contribution in [0.1, 0.15) is 21.5 Å². The maximum absolute atomic E-state index is 11.7. The molecule has 0 spiro atoms. The first-order valence-corrected chi connectivity index (χ1v) is 7.26. The molecule has 7 heteroatoms. The third kappa shape index (κ3) is 5.18. The lowest BCUT2D eigenvalue weighted by Crippen LogP contribution is -2.24. The summed E-state index contributed by atoms with van der Waals surface area (Å²) < 4.78 is 9.89. The van der Waals surface area contributed by atoms with Crippen molar-refractivity contribution in [2.75, 3.05) is 13.7 Å². The second-order valence-electron chi connectivity index (χ2n) is 4.80. The Morgan fingerprint density at radius 2 is 1.92 bits per heavy atom. The van der Waals surface area contributed by atoms with Crippen LogP contribution in [0.3, 0.4) is 0 Å². The average Bonchev–Trinajstić information content (AvgIpc) is 2.66. The number of rotatable bonds is 6. The maximum atomic E-state index is 11.7. The van der Waals surface area contributed by atoms with Gasteiger partial charge in [0.05, 0.1) is 24.5 Å². The quantitative estimate of drug-likeness (QED) is 0.493. The fourth-order valence-corrected chi connectivity index (χ4v) is 1.86. The van der Waals surface area contributed by atoms with Gasteiger partial charge in [-0.3, -0.25) is 4.79 Å². The van der Waals surface area contributed by atoms with Crippen molar-refractivity contribution < 1.29 is 19.1 Å². The minimum atomic E-state index is -0.463. The van der Waals surface area contributed by atoms with Gasteiger partial charge in [-0.15, -0.1) is 0 Å². The second-order valence-corrected chi connectivity index (χ2v) is 4.80. The van der Waals surface area contributed by atoms with Crippen molar-refractivity contribution in [2.24, 2.45) is 5.10 Å². The molecule has 0 aromatic heterocycles. The Morgan fingerprint density at radius 1 is 1.20 bits per heavy atom. The zero-order valence-corrected chi connectivity index (χ0v) is 13.4. The molecule has 0 atom stereocenters. The van der Waals surface area contributed by atoms with Gasteiger partial charge >= 0.3 is 5.97 Å². The summed E-state index contributed by atoms with van der Waals surface area (Å²) >= 11 is 0. The van der Waals surface area contributed by atoms with Crippen molar-refractivity contribution >= 4 is 18.1 Å². The monoisotopic (exact) mass is 337 g/mol. The van der Waals surface area contributed by atoms with Crippen LogP contribution in [-0.2, 0) is 9.53 Å². The lowest BCUT2D eigenvalue weighted by Gasteiger charge is -2.06. The Labute approximate surface area is 144 Å². The molecule has 1 N–H and O–H groups in total. The fourth-order valence-electron chi connectivity index (χ4n) is 1.86. The van der Waals surface area contributed by atoms with Gasteiger partial charge in [0.15, 0.2) is 6.61 Å². The number of hydrogen-bond acceptors (Lipinski definition) is 6. The molecule has 0 aliphatic carbocycles. The van der Waals surface area contributed by atoms with Crippen LogP contribution < -0.4 is 10.2 Å². The Morgan fingerprint density at radius 3 is 2.60 bits per heavy atom. The summed E-state index contributed by atoms with van der Waals surface area (Å²) in [5.74, 6) is -0.552. The van der Waals surface area contributed by atoms with Crippen LogP contribution in [0.15, 0.2) is 53.6 Å². The minimum absolute atomic E-state index is 0.267. The van der Waals surface area contributed by atoms with Gasteiger partial charge in [0.1, 0.15) is 11.8 Å². The number of nitrogens with zero attached hydrogens (tertiary/aromatic N) is 2. The summed E-state index contributed by atoms with van der Waals surface area (Å²) in [5.41, 5.74) is 3.79. The van der Waals surface area contributed by atoms with Crippen molar-refractivity contribution in [3.05, 3.63) is 65.2 Å². The highest BCUT2D eigenvalue weighted by Crippen LogP contribution is 2.16. The molecular weight excluding hydrogens is 322 g/mol. The molecule has 0 bridgehead atoms. The van der Waals surface area contributed by atoms with E-state index in [9.17, 15) is 9.59 Å². The standard InChI is InChI=1S/C18H15N3O4/c1-24-18(23)14-8-6-13(7-9-14)11-20-21-17(22)12-25-16-5-3-2-4-15(16)10-19/h2-9,11H,12H2,1H3,(H,21,22). The van der Waals surface area contributed by atoms with Gasteiger partial charge in [0.2, 0.25) is 0 Å². The zero-order chi connectivity index (χ0) is 18.1. The molecule has 0 unspecified atom stereocenters. The molecular formula is C18H15N3O4. The number of para-hydroxylation sites is 1. The minimum Gasteiger partial charge on any atom is -0.482 e. The smallest absolute Gasteiger partial charge is 0.337 e. The summed E-state index contributed by atoms with van der Waals surface area (Å²) in [6.07, 6.45) is 1.43. The van der Waals surface area contributed by atoms with Crippen LogP contribution in [0, 0.1) is 11.3 Å². The van der Waals surface area contributed by atoms with Crippen LogP contribution in [0.5, 0.6) is 5.75 Å². The average molecular weight is 337 g/mol. The van der Waals surface area contributed by atoms with E-state index < -0.39 is 11.9 Å². The SMILES string of the molecule is COC(=O)c1ccc(C=NNC(=O)COc2ccccc2C#N)cc1. The Balaban J connectivity index is 1.84. The summed E-state index contributed by atoms with van der Waals surface area (Å²) in [5, 5.41) is 12.7. The summed E-state index contributed by atoms with van der Waals surface area (Å²) in [6, 6.07) is 15.1. The van der Waals surface area contributed by atoms with Crippen LogP contribution in [0.25, 0.3) is 0 Å². The molecule has 2 rings (SSSR count). The normalized spacial score (nSPS) is 10.1. The molecule has 2 aromatic carbocycles. The zero-order valence-electron chi connectivity index (χ0n) is 13.4. The first-order valence-electron chi connectivity index (χ1n) is 7.26. The van der Waals surface area contributed by atoms with Gasteiger partial charge in [-0.05, 0) is 29.8 Å². The molecule has 7 nitrogen and oxygen atoms in total. The molecule has 126 valence electrons. The van der Waals surface area contributed by atoms with E-state index in [1.54, 1.807) is 48.5 Å². The van der Waals surface area contributed by atoms with E-state index in [0.29, 0.717) is 22.4 Å². The van der Waals surface area contributed by atoms with Gasteiger partial charge < -0.3 is 9.47 Å². The first kappa shape index (κ1) is 17.7. The lowest BCUT2D eigenvalue weighted by atomic mass is 10.1. The molecule has 0 heterocycles. The van der Waals surface area contributed by atoms with Gasteiger partial charge in [-0.25, -0.2) is 10.2 Å². The van der Waals surface area contributed by atoms with E-state index in [1.165, 1.54) is 13.3 Å². The number of benzene rings is 2. The second kappa shape index (κ2) is 8.84. The van der Waals surface area contributed by atoms with Gasteiger partial charge in [-0.1, -0.05) is 24.3 Å². The number of hydrogen-bond donors (Lipinski definition) is 1. The number of hydrazone groups is 1. The highest BCUT2D eigenvalue weighted by Gasteiger charge is 2.06. The Bertz CT molecular complexity index is 823. The molecule has 0 aliphatic heterocycles. The molecule has 0 radical (unpaired) electrons. The number of methoxy groups -OCH3 is 1.